The Morgan fingerprint density at radius 2 is 1.80 bits per heavy atom. The van der Waals surface area contributed by atoms with E-state index in [1.54, 1.807) is 12.1 Å². The topological polar surface area (TPSA) is 74.3 Å². The molecule has 2 rings (SSSR count). The summed E-state index contributed by atoms with van der Waals surface area (Å²) in [5.41, 5.74) is 2.16. The highest BCUT2D eigenvalue weighted by atomic mass is 35.5. The number of aryl methyl sites for hydroxylation is 1. The Hall–Kier alpha value is -2.44. The molecule has 0 spiro atoms. The summed E-state index contributed by atoms with van der Waals surface area (Å²) < 4.78 is 0. The van der Waals surface area contributed by atoms with Crippen LogP contribution in [0.25, 0.3) is 0 Å². The number of likely N-dealkylation sites (N-methyl/N-ethyl adjacent to an activating group) is 1. The van der Waals surface area contributed by atoms with Crippen molar-refractivity contribution in [3.63, 3.8) is 0 Å². The van der Waals surface area contributed by atoms with Gasteiger partial charge < -0.3 is 15.5 Å². The van der Waals surface area contributed by atoms with E-state index in [9.17, 15) is 9.59 Å². The molecule has 0 saturated heterocycles. The number of nitrogens with one attached hydrogen (secondary N) is 2. The molecule has 1 aromatic carbocycles. The van der Waals surface area contributed by atoms with E-state index in [1.807, 2.05) is 32.0 Å². The third-order valence-corrected chi connectivity index (χ3v) is 3.79. The summed E-state index contributed by atoms with van der Waals surface area (Å²) in [6.45, 7) is 3.12. The van der Waals surface area contributed by atoms with Crippen LogP contribution >= 0.6 is 11.6 Å². The van der Waals surface area contributed by atoms with Crippen molar-refractivity contribution >= 4 is 29.1 Å². The number of benzene rings is 1. The summed E-state index contributed by atoms with van der Waals surface area (Å²) >= 11 is 5.96. The van der Waals surface area contributed by atoms with Gasteiger partial charge in [0.05, 0.1) is 11.1 Å². The van der Waals surface area contributed by atoms with Crippen molar-refractivity contribution in [3.8, 4) is 0 Å². The van der Waals surface area contributed by atoms with Gasteiger partial charge in [0.15, 0.2) is 0 Å². The van der Waals surface area contributed by atoms with Crippen LogP contribution in [0.2, 0.25) is 5.02 Å². The van der Waals surface area contributed by atoms with Gasteiger partial charge in [0.25, 0.3) is 11.8 Å². The lowest BCUT2D eigenvalue weighted by molar-refractivity contribution is 0.0950. The molecule has 7 heteroatoms. The Labute approximate surface area is 152 Å². The maximum Gasteiger partial charge on any atom is 0.257 e. The van der Waals surface area contributed by atoms with E-state index >= 15 is 0 Å². The molecule has 2 N–H and O–H groups in total. The van der Waals surface area contributed by atoms with Crippen LogP contribution in [0.4, 0.5) is 5.69 Å². The highest BCUT2D eigenvalue weighted by Crippen LogP contribution is 2.20. The van der Waals surface area contributed by atoms with Gasteiger partial charge in [-0.25, -0.2) is 0 Å². The molecule has 0 unspecified atom stereocenters. The smallest absolute Gasteiger partial charge is 0.257 e. The predicted octanol–water partition coefficient (Wildman–Crippen LogP) is 2.59. The predicted molar refractivity (Wildman–Crippen MR) is 99.3 cm³/mol. The Balaban J connectivity index is 2.08. The number of aromatic nitrogens is 1. The molecule has 0 fully saturated rings. The normalized spacial score (nSPS) is 10.6. The number of rotatable bonds is 6. The third-order valence-electron chi connectivity index (χ3n) is 3.56. The SMILES string of the molecule is Cc1ccc(Cl)cc1NC(=O)c1cncc(C(=O)NCCN(C)C)c1. The lowest BCUT2D eigenvalue weighted by Gasteiger charge is -2.11. The van der Waals surface area contributed by atoms with E-state index in [0.717, 1.165) is 12.1 Å². The van der Waals surface area contributed by atoms with Crippen molar-refractivity contribution < 1.29 is 9.59 Å². The molecule has 25 heavy (non-hydrogen) atoms. The number of hydrogen-bond acceptors (Lipinski definition) is 4. The van der Waals surface area contributed by atoms with Crippen LogP contribution in [-0.2, 0) is 0 Å². The fraction of sp³-hybridized carbons (Fsp3) is 0.278. The molecule has 0 bridgehead atoms. The summed E-state index contributed by atoms with van der Waals surface area (Å²) in [7, 11) is 3.85. The van der Waals surface area contributed by atoms with Crippen LogP contribution in [0, 0.1) is 6.92 Å². The highest BCUT2D eigenvalue weighted by molar-refractivity contribution is 6.31. The molecule has 1 aromatic heterocycles. The molecular formula is C18H21ClN4O2. The van der Waals surface area contributed by atoms with Gasteiger partial charge in [0, 0.05) is 36.2 Å². The molecule has 2 aromatic rings. The van der Waals surface area contributed by atoms with Crippen LogP contribution in [0.15, 0.2) is 36.7 Å². The van der Waals surface area contributed by atoms with Gasteiger partial charge in [0.1, 0.15) is 0 Å². The van der Waals surface area contributed by atoms with Gasteiger partial charge in [-0.05, 0) is 44.8 Å². The first kappa shape index (κ1) is 18.9. The molecular weight excluding hydrogens is 340 g/mol. The first-order chi connectivity index (χ1) is 11.9. The minimum Gasteiger partial charge on any atom is -0.351 e. The van der Waals surface area contributed by atoms with Gasteiger partial charge in [-0.3, -0.25) is 14.6 Å². The quantitative estimate of drug-likeness (QED) is 0.830. The molecule has 6 nitrogen and oxygen atoms in total. The number of halogens is 1. The summed E-state index contributed by atoms with van der Waals surface area (Å²) in [6.07, 6.45) is 2.86. The summed E-state index contributed by atoms with van der Waals surface area (Å²) in [5, 5.41) is 6.12. The van der Waals surface area contributed by atoms with E-state index in [4.69, 9.17) is 11.6 Å². The zero-order valence-corrected chi connectivity index (χ0v) is 15.2. The van der Waals surface area contributed by atoms with Gasteiger partial charge in [0.2, 0.25) is 0 Å². The van der Waals surface area contributed by atoms with Crippen molar-refractivity contribution in [1.82, 2.24) is 15.2 Å². The van der Waals surface area contributed by atoms with Gasteiger partial charge in [-0.15, -0.1) is 0 Å². The Morgan fingerprint density at radius 3 is 2.48 bits per heavy atom. The van der Waals surface area contributed by atoms with E-state index in [2.05, 4.69) is 15.6 Å². The maximum absolute atomic E-state index is 12.4. The van der Waals surface area contributed by atoms with Gasteiger partial charge in [-0.1, -0.05) is 17.7 Å². The number of carbonyl (C=O) groups is 2. The largest absolute Gasteiger partial charge is 0.351 e. The third kappa shape index (κ3) is 5.55. The molecule has 0 aliphatic heterocycles. The first-order valence-electron chi connectivity index (χ1n) is 7.82. The van der Waals surface area contributed by atoms with Crippen molar-refractivity contribution in [2.45, 2.75) is 6.92 Å². The number of amides is 2. The number of nitrogens with zero attached hydrogens (tertiary/aromatic N) is 2. The minimum absolute atomic E-state index is 0.261. The standard InChI is InChI=1S/C18H21ClN4O2/c1-12-4-5-15(19)9-16(12)22-18(25)14-8-13(10-20-11-14)17(24)21-6-7-23(2)3/h4-5,8-11H,6-7H2,1-3H3,(H,21,24)(H,22,25). The second-order valence-electron chi connectivity index (χ2n) is 5.93. The number of carbonyl (C=O) groups excluding carboxylic acids is 2. The summed E-state index contributed by atoms with van der Waals surface area (Å²) in [4.78, 5) is 30.5. The highest BCUT2D eigenvalue weighted by Gasteiger charge is 2.12. The first-order valence-corrected chi connectivity index (χ1v) is 8.20. The van der Waals surface area contributed by atoms with E-state index in [1.165, 1.54) is 18.5 Å². The van der Waals surface area contributed by atoms with Crippen molar-refractivity contribution in [2.75, 3.05) is 32.5 Å². The second kappa shape index (κ2) is 8.60. The Kier molecular flexibility index (Phi) is 6.50. The second-order valence-corrected chi connectivity index (χ2v) is 6.37. The molecule has 0 aliphatic rings. The van der Waals surface area contributed by atoms with Gasteiger partial charge in [-0.2, -0.15) is 0 Å². The summed E-state index contributed by atoms with van der Waals surface area (Å²) in [5.74, 6) is -0.608. The zero-order valence-electron chi connectivity index (χ0n) is 14.5. The lowest BCUT2D eigenvalue weighted by Crippen LogP contribution is -2.31. The molecule has 1 heterocycles. The molecule has 0 aliphatic carbocycles. The molecule has 132 valence electrons. The molecule has 2 amide bonds. The van der Waals surface area contributed by atoms with Crippen LogP contribution in [0.5, 0.6) is 0 Å². The lowest BCUT2D eigenvalue weighted by atomic mass is 10.1. The fourth-order valence-electron chi connectivity index (χ4n) is 2.11. The number of hydrogen-bond donors (Lipinski definition) is 2. The maximum atomic E-state index is 12.4. The van der Waals surface area contributed by atoms with Crippen molar-refractivity contribution in [2.24, 2.45) is 0 Å². The number of anilines is 1. The summed E-state index contributed by atoms with van der Waals surface area (Å²) in [6, 6.07) is 6.78. The van der Waals surface area contributed by atoms with Crippen LogP contribution in [0.1, 0.15) is 26.3 Å². The van der Waals surface area contributed by atoms with Crippen LogP contribution in [0.3, 0.4) is 0 Å². The molecule has 0 radical (unpaired) electrons. The van der Waals surface area contributed by atoms with Gasteiger partial charge >= 0.3 is 0 Å². The minimum atomic E-state index is -0.346. The van der Waals surface area contributed by atoms with Crippen LogP contribution in [-0.4, -0.2) is 48.9 Å². The number of pyridine rings is 1. The molecule has 0 atom stereocenters. The van der Waals surface area contributed by atoms with E-state index in [-0.39, 0.29) is 11.8 Å². The van der Waals surface area contributed by atoms with E-state index < -0.39 is 0 Å². The average Bonchev–Trinajstić information content (AvgIpc) is 2.57. The zero-order chi connectivity index (χ0) is 18.4. The molecule has 0 saturated carbocycles. The van der Waals surface area contributed by atoms with Crippen molar-refractivity contribution in [1.29, 1.82) is 0 Å². The fourth-order valence-corrected chi connectivity index (χ4v) is 2.28. The Morgan fingerprint density at radius 1 is 1.12 bits per heavy atom. The monoisotopic (exact) mass is 360 g/mol. The van der Waals surface area contributed by atoms with Crippen molar-refractivity contribution in [3.05, 3.63) is 58.4 Å². The average molecular weight is 361 g/mol. The van der Waals surface area contributed by atoms with E-state index in [0.29, 0.717) is 28.4 Å². The Bertz CT molecular complexity index is 777. The van der Waals surface area contributed by atoms with Crippen LogP contribution < -0.4 is 10.6 Å².